The van der Waals surface area contributed by atoms with E-state index in [1.165, 1.54) is 95.2 Å². The van der Waals surface area contributed by atoms with Crippen molar-refractivity contribution in [3.63, 3.8) is 0 Å². The van der Waals surface area contributed by atoms with E-state index in [-0.39, 0.29) is 0 Å². The molecule has 3 aliphatic carbocycles. The van der Waals surface area contributed by atoms with Gasteiger partial charge in [-0.1, -0.05) is 82.3 Å². The Morgan fingerprint density at radius 2 is 1.23 bits per heavy atom. The van der Waals surface area contributed by atoms with Gasteiger partial charge in [0.05, 0.1) is 0 Å². The lowest BCUT2D eigenvalue weighted by atomic mass is 9.47. The molecule has 0 amide bonds. The average molecular weight is 316 g/mol. The summed E-state index contributed by atoms with van der Waals surface area (Å²) in [4.78, 5) is 0. The van der Waals surface area contributed by atoms with E-state index in [4.69, 9.17) is 5.26 Å². The van der Waals surface area contributed by atoms with Crippen LogP contribution in [-0.4, -0.2) is 12.5 Å². The van der Waals surface area contributed by atoms with E-state index in [0.717, 1.165) is 23.5 Å². The summed E-state index contributed by atoms with van der Waals surface area (Å²) >= 11 is 1.51. The third-order valence-corrected chi connectivity index (χ3v) is 7.53. The monoisotopic (exact) mass is 316 g/mol. The number of rotatable bonds is 4. The van der Waals surface area contributed by atoms with E-state index >= 15 is 0 Å². The topological polar surface area (TPSA) is 23.8 Å². The molecule has 3 aliphatic rings. The fourth-order valence-electron chi connectivity index (χ4n) is 5.27. The lowest BCUT2D eigenvalue weighted by Gasteiger charge is -2.37. The molecular weight excluding hydrogens is 285 g/mol. The Morgan fingerprint density at radius 3 is 1.82 bits per heavy atom. The molecule has 3 rings (SSSR count). The van der Waals surface area contributed by atoms with Crippen molar-refractivity contribution in [2.45, 2.75) is 100 Å². The summed E-state index contributed by atoms with van der Waals surface area (Å²) in [7, 11) is 2.73. The second kappa shape index (κ2) is 8.67. The molecule has 121 valence electrons. The summed E-state index contributed by atoms with van der Waals surface area (Å²) in [5, 5.41) is 11.7. The molecule has 0 heterocycles. The van der Waals surface area contributed by atoms with E-state index < -0.39 is 0 Å². The number of thiocyanates is 1. The minimum absolute atomic E-state index is 0.622. The Morgan fingerprint density at radius 1 is 0.682 bits per heavy atom. The zero-order valence-electron chi connectivity index (χ0n) is 14.0. The molecule has 0 N–H and O–H groups in total. The van der Waals surface area contributed by atoms with Gasteiger partial charge in [0.15, 0.2) is 0 Å². The van der Waals surface area contributed by atoms with E-state index in [2.05, 4.69) is 12.7 Å². The van der Waals surface area contributed by atoms with Gasteiger partial charge in [-0.2, -0.15) is 5.26 Å². The van der Waals surface area contributed by atoms with Crippen LogP contribution in [0.3, 0.4) is 0 Å². The third-order valence-electron chi connectivity index (χ3n) is 6.62. The maximum absolute atomic E-state index is 8.78. The van der Waals surface area contributed by atoms with Crippen molar-refractivity contribution >= 4 is 19.0 Å². The van der Waals surface area contributed by atoms with Crippen LogP contribution in [0.5, 0.6) is 0 Å². The smallest absolute Gasteiger partial charge is 0.133 e. The summed E-state index contributed by atoms with van der Waals surface area (Å²) in [6.07, 6.45) is 18.7. The van der Waals surface area contributed by atoms with Crippen LogP contribution in [0.2, 0.25) is 11.6 Å². The van der Waals surface area contributed by atoms with Crippen LogP contribution in [0, 0.1) is 22.5 Å². The van der Waals surface area contributed by atoms with Gasteiger partial charge in [-0.25, -0.2) is 0 Å². The lowest BCUT2D eigenvalue weighted by Crippen LogP contribution is -2.26. The summed E-state index contributed by atoms with van der Waals surface area (Å²) in [6.45, 7) is 0. The van der Waals surface area contributed by atoms with Crippen molar-refractivity contribution in [3.8, 4) is 5.40 Å². The highest BCUT2D eigenvalue weighted by Gasteiger charge is 2.31. The van der Waals surface area contributed by atoms with Crippen molar-refractivity contribution in [2.75, 3.05) is 0 Å². The lowest BCUT2D eigenvalue weighted by molar-refractivity contribution is 0.195. The summed E-state index contributed by atoms with van der Waals surface area (Å²) < 4.78 is 0. The van der Waals surface area contributed by atoms with Crippen LogP contribution in [0.15, 0.2) is 0 Å². The fourth-order valence-corrected chi connectivity index (χ4v) is 5.93. The number of nitrogens with zero attached hydrogens (tertiary/aromatic N) is 1. The highest BCUT2D eigenvalue weighted by Crippen LogP contribution is 2.44. The van der Waals surface area contributed by atoms with E-state index in [1.807, 2.05) is 0 Å². The number of nitriles is 1. The highest BCUT2D eigenvalue weighted by molar-refractivity contribution is 8.04. The molecule has 1 nitrogen and oxygen atoms in total. The summed E-state index contributed by atoms with van der Waals surface area (Å²) in [5.74, 6) is 3.90. The van der Waals surface area contributed by atoms with Gasteiger partial charge in [-0.05, 0) is 36.4 Å². The van der Waals surface area contributed by atoms with Gasteiger partial charge >= 0.3 is 0 Å². The van der Waals surface area contributed by atoms with Crippen molar-refractivity contribution in [1.29, 1.82) is 5.26 Å². The first kappa shape index (κ1) is 16.8. The zero-order valence-corrected chi connectivity index (χ0v) is 14.8. The van der Waals surface area contributed by atoms with Crippen molar-refractivity contribution in [1.82, 2.24) is 0 Å². The van der Waals surface area contributed by atoms with Crippen molar-refractivity contribution in [2.24, 2.45) is 11.8 Å². The first-order chi connectivity index (χ1) is 10.8. The summed E-state index contributed by atoms with van der Waals surface area (Å²) in [5.41, 5.74) is 0. The molecule has 3 fully saturated rings. The van der Waals surface area contributed by atoms with Crippen LogP contribution in [0.1, 0.15) is 83.5 Å². The first-order valence-corrected chi connectivity index (χ1v) is 10.6. The molecule has 3 heteroatoms. The molecule has 22 heavy (non-hydrogen) atoms. The minimum atomic E-state index is 0.622. The quantitative estimate of drug-likeness (QED) is 0.456. The van der Waals surface area contributed by atoms with Crippen LogP contribution in [0.25, 0.3) is 0 Å². The molecule has 0 aromatic heterocycles. The van der Waals surface area contributed by atoms with Crippen LogP contribution in [-0.2, 0) is 0 Å². The third kappa shape index (κ3) is 4.70. The van der Waals surface area contributed by atoms with E-state index in [0.29, 0.717) is 5.25 Å². The Bertz CT molecular complexity index is 358. The van der Waals surface area contributed by atoms with E-state index in [9.17, 15) is 0 Å². The maximum Gasteiger partial charge on any atom is 0.133 e. The molecule has 3 saturated carbocycles. The maximum atomic E-state index is 8.78. The van der Waals surface area contributed by atoms with Crippen LogP contribution in [0.4, 0.5) is 0 Å². The number of hydrogen-bond donors (Lipinski definition) is 0. The molecule has 0 spiro atoms. The molecule has 0 unspecified atom stereocenters. The Balaban J connectivity index is 1.35. The van der Waals surface area contributed by atoms with Crippen molar-refractivity contribution in [3.05, 3.63) is 0 Å². The standard InChI is InChI=1S/C19H31BNS/c21-14-22-19-12-10-18(11-13-19)20-17-8-6-16(7-9-17)15-4-2-1-3-5-15/h15-19H,1-13H2. The van der Waals surface area contributed by atoms with Crippen LogP contribution >= 0.6 is 11.8 Å². The molecular formula is C19H31BNS. The zero-order chi connectivity index (χ0) is 15.2. The number of thioether (sulfide) groups is 1. The predicted molar refractivity (Wildman–Crippen MR) is 97.2 cm³/mol. The highest BCUT2D eigenvalue weighted by atomic mass is 32.2. The van der Waals surface area contributed by atoms with Crippen LogP contribution < -0.4 is 0 Å². The van der Waals surface area contributed by atoms with Crippen molar-refractivity contribution < 1.29 is 0 Å². The molecule has 1 radical (unpaired) electrons. The number of hydrogen-bond acceptors (Lipinski definition) is 2. The predicted octanol–water partition coefficient (Wildman–Crippen LogP) is 6.19. The largest absolute Gasteiger partial charge is 0.185 e. The Hall–Kier alpha value is -0.0951. The fraction of sp³-hybridized carbons (Fsp3) is 0.947. The summed E-state index contributed by atoms with van der Waals surface area (Å²) in [6, 6.07) is 0. The first-order valence-electron chi connectivity index (χ1n) is 9.75. The molecule has 0 saturated heterocycles. The Kier molecular flexibility index (Phi) is 6.60. The Labute approximate surface area is 142 Å². The van der Waals surface area contributed by atoms with Gasteiger partial charge in [0.1, 0.15) is 12.7 Å². The molecule has 0 aromatic carbocycles. The molecule has 0 bridgehead atoms. The van der Waals surface area contributed by atoms with Gasteiger partial charge in [-0.15, -0.1) is 0 Å². The van der Waals surface area contributed by atoms with Gasteiger partial charge in [0.2, 0.25) is 0 Å². The van der Waals surface area contributed by atoms with Gasteiger partial charge < -0.3 is 0 Å². The van der Waals surface area contributed by atoms with Gasteiger partial charge in [0, 0.05) is 5.25 Å². The van der Waals surface area contributed by atoms with Gasteiger partial charge in [0.25, 0.3) is 0 Å². The SMILES string of the molecule is N#CSC1CCC([B]C2CCC(C3CCCCC3)CC2)CC1. The normalized spacial score (nSPS) is 37.4. The second-order valence-corrected chi connectivity index (χ2v) is 9.10. The molecule has 0 aromatic rings. The van der Waals surface area contributed by atoms with Gasteiger partial charge in [-0.3, -0.25) is 0 Å². The molecule has 0 atom stereocenters. The van der Waals surface area contributed by atoms with E-state index in [1.54, 1.807) is 0 Å². The average Bonchev–Trinajstić information content (AvgIpc) is 2.58. The molecule has 0 aliphatic heterocycles. The second-order valence-electron chi connectivity index (χ2n) is 8.01. The minimum Gasteiger partial charge on any atom is -0.185 e.